The van der Waals surface area contributed by atoms with E-state index >= 15 is 0 Å². The first kappa shape index (κ1) is 21.1. The van der Waals surface area contributed by atoms with Gasteiger partial charge in [0.05, 0.1) is 19.3 Å². The monoisotopic (exact) mass is 455 g/mol. The summed E-state index contributed by atoms with van der Waals surface area (Å²) in [5.41, 5.74) is 7.50. The lowest BCUT2D eigenvalue weighted by atomic mass is 10.1. The van der Waals surface area contributed by atoms with Gasteiger partial charge in [-0.2, -0.15) is 0 Å². The van der Waals surface area contributed by atoms with E-state index in [-0.39, 0.29) is 29.6 Å². The zero-order valence-electron chi connectivity index (χ0n) is 15.1. The topological polar surface area (TPSA) is 68.9 Å². The van der Waals surface area contributed by atoms with Crippen LogP contribution in [0.25, 0.3) is 0 Å². The van der Waals surface area contributed by atoms with Crippen LogP contribution in [0.1, 0.15) is 26.3 Å². The fourth-order valence-electron chi connectivity index (χ4n) is 2.16. The van der Waals surface area contributed by atoms with Crippen molar-refractivity contribution in [3.63, 3.8) is 0 Å². The van der Waals surface area contributed by atoms with Crippen LogP contribution in [0.3, 0.4) is 0 Å². The maximum Gasteiger partial charge on any atom is 0.193 e. The average Bonchev–Trinajstić information content (AvgIpc) is 2.53. The van der Waals surface area contributed by atoms with Gasteiger partial charge in [-0.1, -0.05) is 30.3 Å². The smallest absolute Gasteiger partial charge is 0.193 e. The van der Waals surface area contributed by atoms with Crippen molar-refractivity contribution in [2.45, 2.75) is 32.9 Å². The molecule has 0 saturated carbocycles. The molecule has 3 N–H and O–H groups in total. The van der Waals surface area contributed by atoms with Gasteiger partial charge in [-0.25, -0.2) is 4.99 Å². The van der Waals surface area contributed by atoms with Gasteiger partial charge in [0, 0.05) is 5.56 Å². The van der Waals surface area contributed by atoms with Gasteiger partial charge in [-0.3, -0.25) is 0 Å². The standard InChI is InChI=1S/C19H25N3O2.HI/c1-19(2,3)24-16-11-7-5-9-14(16)13-21-18(20)22-15-10-6-8-12-17(15)23-4;/h5-12H,13H2,1-4H3,(H3,20,21,22);1H. The third kappa shape index (κ3) is 6.81. The molecule has 0 aromatic heterocycles. The summed E-state index contributed by atoms with van der Waals surface area (Å²) in [4.78, 5) is 4.40. The summed E-state index contributed by atoms with van der Waals surface area (Å²) in [6, 6.07) is 15.4. The Morgan fingerprint density at radius 2 is 1.64 bits per heavy atom. The maximum absolute atomic E-state index is 6.00. The van der Waals surface area contributed by atoms with E-state index < -0.39 is 0 Å². The number of nitrogens with one attached hydrogen (secondary N) is 1. The number of hydrogen-bond acceptors (Lipinski definition) is 3. The Balaban J connectivity index is 0.00000312. The van der Waals surface area contributed by atoms with Crippen molar-refractivity contribution in [1.82, 2.24) is 0 Å². The van der Waals surface area contributed by atoms with E-state index in [9.17, 15) is 0 Å². The Morgan fingerprint density at radius 1 is 1.04 bits per heavy atom. The van der Waals surface area contributed by atoms with Crippen molar-refractivity contribution >= 4 is 35.6 Å². The average molecular weight is 455 g/mol. The molecule has 5 nitrogen and oxygen atoms in total. The van der Waals surface area contributed by atoms with E-state index in [1.54, 1.807) is 7.11 Å². The summed E-state index contributed by atoms with van der Waals surface area (Å²) in [6.45, 7) is 6.49. The zero-order chi connectivity index (χ0) is 17.6. The summed E-state index contributed by atoms with van der Waals surface area (Å²) < 4.78 is 11.3. The first-order valence-electron chi connectivity index (χ1n) is 7.86. The number of hydrogen-bond donors (Lipinski definition) is 2. The van der Waals surface area contributed by atoms with Gasteiger partial charge in [-0.15, -0.1) is 24.0 Å². The van der Waals surface area contributed by atoms with Crippen molar-refractivity contribution < 1.29 is 9.47 Å². The number of ether oxygens (including phenoxy) is 2. The molecule has 0 aliphatic carbocycles. The minimum Gasteiger partial charge on any atom is -0.495 e. The first-order chi connectivity index (χ1) is 11.4. The van der Waals surface area contributed by atoms with E-state index in [1.165, 1.54) is 0 Å². The van der Waals surface area contributed by atoms with Crippen molar-refractivity contribution in [3.05, 3.63) is 54.1 Å². The van der Waals surface area contributed by atoms with Crippen molar-refractivity contribution in [2.75, 3.05) is 12.4 Å². The first-order valence-corrected chi connectivity index (χ1v) is 7.86. The summed E-state index contributed by atoms with van der Waals surface area (Å²) in [6.07, 6.45) is 0. The quantitative estimate of drug-likeness (QED) is 0.398. The number of nitrogens with two attached hydrogens (primary N) is 1. The largest absolute Gasteiger partial charge is 0.495 e. The van der Waals surface area contributed by atoms with Gasteiger partial charge in [-0.05, 0) is 39.0 Å². The Labute approximate surface area is 166 Å². The highest BCUT2D eigenvalue weighted by Gasteiger charge is 2.14. The zero-order valence-corrected chi connectivity index (χ0v) is 17.4. The van der Waals surface area contributed by atoms with E-state index in [2.05, 4.69) is 10.3 Å². The van der Waals surface area contributed by atoms with Gasteiger partial charge >= 0.3 is 0 Å². The number of guanidine groups is 1. The van der Waals surface area contributed by atoms with Crippen LogP contribution in [0.2, 0.25) is 0 Å². The summed E-state index contributed by atoms with van der Waals surface area (Å²) in [7, 11) is 1.62. The second kappa shape index (κ2) is 9.50. The third-order valence-electron chi connectivity index (χ3n) is 3.18. The van der Waals surface area contributed by atoms with Crippen LogP contribution in [0.5, 0.6) is 11.5 Å². The summed E-state index contributed by atoms with van der Waals surface area (Å²) >= 11 is 0. The molecule has 0 aliphatic heterocycles. The van der Waals surface area contributed by atoms with Crippen LogP contribution in [-0.2, 0) is 6.54 Å². The Morgan fingerprint density at radius 3 is 2.28 bits per heavy atom. The van der Waals surface area contributed by atoms with Crippen LogP contribution in [0.4, 0.5) is 5.69 Å². The highest BCUT2D eigenvalue weighted by molar-refractivity contribution is 14.0. The normalized spacial score (nSPS) is 11.4. The molecule has 0 unspecified atom stereocenters. The highest BCUT2D eigenvalue weighted by atomic mass is 127. The fraction of sp³-hybridized carbons (Fsp3) is 0.316. The number of halogens is 1. The molecule has 2 rings (SSSR count). The molecule has 0 bridgehead atoms. The van der Waals surface area contributed by atoms with Gasteiger partial charge in [0.1, 0.15) is 17.1 Å². The molecule has 6 heteroatoms. The minimum atomic E-state index is -0.263. The van der Waals surface area contributed by atoms with Gasteiger partial charge in [0.15, 0.2) is 5.96 Å². The number of para-hydroxylation sites is 3. The molecule has 0 atom stereocenters. The number of anilines is 1. The molecule has 2 aromatic rings. The van der Waals surface area contributed by atoms with Crippen LogP contribution in [0, 0.1) is 0 Å². The predicted octanol–water partition coefficient (Wildman–Crippen LogP) is 4.42. The Kier molecular flexibility index (Phi) is 8.02. The molecule has 0 aliphatic rings. The summed E-state index contributed by atoms with van der Waals surface area (Å²) in [5, 5.41) is 3.06. The lowest BCUT2D eigenvalue weighted by Gasteiger charge is -2.23. The molecular weight excluding hydrogens is 429 g/mol. The van der Waals surface area contributed by atoms with Crippen LogP contribution < -0.4 is 20.5 Å². The van der Waals surface area contributed by atoms with Gasteiger partial charge in [0.25, 0.3) is 0 Å². The van der Waals surface area contributed by atoms with E-state index in [0.717, 1.165) is 17.0 Å². The van der Waals surface area contributed by atoms with Crippen LogP contribution >= 0.6 is 24.0 Å². The molecule has 0 saturated heterocycles. The Bertz CT molecular complexity index is 712. The molecule has 25 heavy (non-hydrogen) atoms. The van der Waals surface area contributed by atoms with E-state index in [0.29, 0.717) is 18.3 Å². The van der Waals surface area contributed by atoms with Gasteiger partial charge in [0.2, 0.25) is 0 Å². The third-order valence-corrected chi connectivity index (χ3v) is 3.18. The van der Waals surface area contributed by atoms with E-state index in [1.807, 2.05) is 69.3 Å². The molecule has 0 heterocycles. The number of methoxy groups -OCH3 is 1. The highest BCUT2D eigenvalue weighted by Crippen LogP contribution is 2.24. The molecule has 0 radical (unpaired) electrons. The summed E-state index contributed by atoms with van der Waals surface area (Å²) in [5.74, 6) is 1.86. The lowest BCUT2D eigenvalue weighted by molar-refractivity contribution is 0.129. The van der Waals surface area contributed by atoms with Crippen LogP contribution in [-0.4, -0.2) is 18.7 Å². The minimum absolute atomic E-state index is 0. The second-order valence-corrected chi connectivity index (χ2v) is 6.35. The van der Waals surface area contributed by atoms with Gasteiger partial charge < -0.3 is 20.5 Å². The van der Waals surface area contributed by atoms with Crippen LogP contribution in [0.15, 0.2) is 53.5 Å². The van der Waals surface area contributed by atoms with Crippen molar-refractivity contribution in [3.8, 4) is 11.5 Å². The number of rotatable bonds is 5. The van der Waals surface area contributed by atoms with Crippen molar-refractivity contribution in [2.24, 2.45) is 10.7 Å². The molecule has 136 valence electrons. The maximum atomic E-state index is 6.00. The number of benzene rings is 2. The molecular formula is C19H26IN3O2. The fourth-order valence-corrected chi connectivity index (χ4v) is 2.16. The molecule has 0 spiro atoms. The van der Waals surface area contributed by atoms with E-state index in [4.69, 9.17) is 15.2 Å². The number of aliphatic imine (C=N–C) groups is 1. The predicted molar refractivity (Wildman–Crippen MR) is 114 cm³/mol. The Hall–Kier alpha value is -1.96. The second-order valence-electron chi connectivity index (χ2n) is 6.35. The van der Waals surface area contributed by atoms with Crippen molar-refractivity contribution in [1.29, 1.82) is 0 Å². The molecule has 2 aromatic carbocycles. The molecule has 0 amide bonds. The number of nitrogens with zero attached hydrogens (tertiary/aromatic N) is 1. The SMILES string of the molecule is COc1ccccc1NC(N)=NCc1ccccc1OC(C)(C)C.I. The molecule has 0 fully saturated rings. The lowest BCUT2D eigenvalue weighted by Crippen LogP contribution is -2.24.